The zero-order chi connectivity index (χ0) is 23.5. The molecule has 0 N–H and O–H groups in total. The Morgan fingerprint density at radius 2 is 1.79 bits per heavy atom. The first kappa shape index (κ1) is 21.8. The zero-order valence-electron chi connectivity index (χ0n) is 18.7. The summed E-state index contributed by atoms with van der Waals surface area (Å²) in [6.07, 6.45) is 8.36. The van der Waals surface area contributed by atoms with Gasteiger partial charge >= 0.3 is 0 Å². The average Bonchev–Trinajstić information content (AvgIpc) is 3.29. The van der Waals surface area contributed by atoms with Crippen molar-refractivity contribution in [1.29, 1.82) is 0 Å². The first-order valence-electron chi connectivity index (χ1n) is 11.4. The third-order valence-electron chi connectivity index (χ3n) is 6.14. The number of rotatable bonds is 5. The predicted molar refractivity (Wildman–Crippen MR) is 129 cm³/mol. The van der Waals surface area contributed by atoms with Crippen LogP contribution in [-0.2, 0) is 16.1 Å². The second-order valence-corrected chi connectivity index (χ2v) is 8.41. The summed E-state index contributed by atoms with van der Waals surface area (Å²) in [6, 6.07) is 17.7. The van der Waals surface area contributed by atoms with Gasteiger partial charge in [-0.2, -0.15) is 5.10 Å². The highest BCUT2D eigenvalue weighted by Crippen LogP contribution is 2.27. The molecule has 0 spiro atoms. The third kappa shape index (κ3) is 4.55. The summed E-state index contributed by atoms with van der Waals surface area (Å²) in [5, 5.41) is 4.75. The molecule has 1 aliphatic carbocycles. The second kappa shape index (κ2) is 9.47. The SMILES string of the molecule is O=C(Cn1nc(C2=CCCC=C2)cc1-c1ccccc1)N1CCN(c2ccc(F)cc2)C(=O)C1. The van der Waals surface area contributed by atoms with Crippen LogP contribution < -0.4 is 4.90 Å². The van der Waals surface area contributed by atoms with E-state index in [4.69, 9.17) is 5.10 Å². The van der Waals surface area contributed by atoms with Crippen LogP contribution in [0.5, 0.6) is 0 Å². The van der Waals surface area contributed by atoms with Gasteiger partial charge in [-0.3, -0.25) is 14.3 Å². The van der Waals surface area contributed by atoms with Crippen molar-refractivity contribution in [3.05, 3.63) is 90.4 Å². The average molecular weight is 457 g/mol. The van der Waals surface area contributed by atoms with Gasteiger partial charge in [0.2, 0.25) is 11.8 Å². The molecule has 7 heteroatoms. The minimum absolute atomic E-state index is 0.0150. The molecule has 2 amide bonds. The van der Waals surface area contributed by atoms with Crippen LogP contribution in [0.3, 0.4) is 0 Å². The minimum Gasteiger partial charge on any atom is -0.330 e. The lowest BCUT2D eigenvalue weighted by Crippen LogP contribution is -2.53. The Kier molecular flexibility index (Phi) is 6.08. The first-order chi connectivity index (χ1) is 16.6. The van der Waals surface area contributed by atoms with E-state index in [0.29, 0.717) is 18.8 Å². The van der Waals surface area contributed by atoms with Crippen molar-refractivity contribution in [3.63, 3.8) is 0 Å². The van der Waals surface area contributed by atoms with E-state index >= 15 is 0 Å². The molecule has 5 rings (SSSR count). The van der Waals surface area contributed by atoms with E-state index in [9.17, 15) is 14.0 Å². The molecular weight excluding hydrogens is 431 g/mol. The second-order valence-electron chi connectivity index (χ2n) is 8.41. The van der Waals surface area contributed by atoms with Gasteiger partial charge in [-0.1, -0.05) is 48.6 Å². The smallest absolute Gasteiger partial charge is 0.246 e. The number of benzene rings is 2. The van der Waals surface area contributed by atoms with Crippen molar-refractivity contribution in [2.24, 2.45) is 0 Å². The van der Waals surface area contributed by atoms with Crippen molar-refractivity contribution in [2.45, 2.75) is 19.4 Å². The van der Waals surface area contributed by atoms with E-state index in [1.807, 2.05) is 36.4 Å². The van der Waals surface area contributed by atoms with Gasteiger partial charge in [-0.05, 0) is 54.3 Å². The minimum atomic E-state index is -0.350. The highest BCUT2D eigenvalue weighted by molar-refractivity contribution is 5.98. The predicted octanol–water partition coefficient (Wildman–Crippen LogP) is 4.30. The maximum absolute atomic E-state index is 13.2. The number of allylic oxidation sites excluding steroid dienone is 4. The normalized spacial score (nSPS) is 16.0. The first-order valence-corrected chi connectivity index (χ1v) is 11.4. The monoisotopic (exact) mass is 456 g/mol. The lowest BCUT2D eigenvalue weighted by atomic mass is 10.0. The molecule has 1 fully saturated rings. The van der Waals surface area contributed by atoms with Gasteiger partial charge in [-0.15, -0.1) is 0 Å². The Morgan fingerprint density at radius 1 is 1.00 bits per heavy atom. The van der Waals surface area contributed by atoms with Gasteiger partial charge in [0.05, 0.1) is 11.4 Å². The molecule has 3 aromatic rings. The van der Waals surface area contributed by atoms with E-state index in [1.165, 1.54) is 12.1 Å². The van der Waals surface area contributed by atoms with E-state index in [1.54, 1.807) is 26.6 Å². The molecule has 2 aliphatic rings. The fourth-order valence-electron chi connectivity index (χ4n) is 4.33. The van der Waals surface area contributed by atoms with Crippen molar-refractivity contribution >= 4 is 23.1 Å². The summed E-state index contributed by atoms with van der Waals surface area (Å²) in [5.41, 5.74) is 4.36. The van der Waals surface area contributed by atoms with Crippen molar-refractivity contribution in [2.75, 3.05) is 24.5 Å². The van der Waals surface area contributed by atoms with Gasteiger partial charge in [0.15, 0.2) is 0 Å². The van der Waals surface area contributed by atoms with E-state index in [2.05, 4.69) is 18.2 Å². The molecule has 172 valence electrons. The molecule has 1 saturated heterocycles. The Morgan fingerprint density at radius 3 is 2.50 bits per heavy atom. The summed E-state index contributed by atoms with van der Waals surface area (Å²) < 4.78 is 15.0. The van der Waals surface area contributed by atoms with Crippen molar-refractivity contribution < 1.29 is 14.0 Å². The lowest BCUT2D eigenvalue weighted by molar-refractivity contribution is -0.137. The Balaban J connectivity index is 1.34. The Labute approximate surface area is 197 Å². The number of hydrogen-bond acceptors (Lipinski definition) is 3. The molecular formula is C27H25FN4O2. The quantitative estimate of drug-likeness (QED) is 0.575. The van der Waals surface area contributed by atoms with Crippen LogP contribution in [0.25, 0.3) is 16.8 Å². The molecule has 2 heterocycles. The number of aromatic nitrogens is 2. The van der Waals surface area contributed by atoms with Crippen LogP contribution >= 0.6 is 0 Å². The molecule has 0 saturated carbocycles. The van der Waals surface area contributed by atoms with E-state index in [0.717, 1.165) is 35.4 Å². The number of carbonyl (C=O) groups excluding carboxylic acids is 2. The Bertz CT molecular complexity index is 1260. The highest BCUT2D eigenvalue weighted by Gasteiger charge is 2.29. The molecule has 2 aromatic carbocycles. The molecule has 1 aliphatic heterocycles. The molecule has 1 aromatic heterocycles. The van der Waals surface area contributed by atoms with Gasteiger partial charge in [0.1, 0.15) is 18.9 Å². The number of anilines is 1. The van der Waals surface area contributed by atoms with E-state index in [-0.39, 0.29) is 30.7 Å². The van der Waals surface area contributed by atoms with Gasteiger partial charge in [0, 0.05) is 18.8 Å². The number of amides is 2. The zero-order valence-corrected chi connectivity index (χ0v) is 18.7. The van der Waals surface area contributed by atoms with Crippen molar-refractivity contribution in [1.82, 2.24) is 14.7 Å². The number of nitrogens with zero attached hydrogens (tertiary/aromatic N) is 4. The molecule has 34 heavy (non-hydrogen) atoms. The standard InChI is InChI=1S/C27H25FN4O2/c28-22-11-13-23(14-12-22)31-16-15-30(18-27(31)34)26(33)19-32-25(21-9-5-2-6-10-21)17-24(29-32)20-7-3-1-4-8-20/h2-3,5-14,17H,1,4,15-16,18-19H2. The van der Waals surface area contributed by atoms with Gasteiger partial charge < -0.3 is 9.80 Å². The van der Waals surface area contributed by atoms with Crippen molar-refractivity contribution in [3.8, 4) is 11.3 Å². The fourth-order valence-corrected chi connectivity index (χ4v) is 4.33. The topological polar surface area (TPSA) is 58.4 Å². The molecule has 6 nitrogen and oxygen atoms in total. The van der Waals surface area contributed by atoms with Gasteiger partial charge in [0.25, 0.3) is 0 Å². The maximum atomic E-state index is 13.2. The number of halogens is 1. The largest absolute Gasteiger partial charge is 0.330 e. The van der Waals surface area contributed by atoms with Crippen LogP contribution in [0.2, 0.25) is 0 Å². The molecule has 0 radical (unpaired) electrons. The lowest BCUT2D eigenvalue weighted by Gasteiger charge is -2.34. The summed E-state index contributed by atoms with van der Waals surface area (Å²) >= 11 is 0. The van der Waals surface area contributed by atoms with Crippen LogP contribution in [0.1, 0.15) is 18.5 Å². The third-order valence-corrected chi connectivity index (χ3v) is 6.14. The van der Waals surface area contributed by atoms with Gasteiger partial charge in [-0.25, -0.2) is 4.39 Å². The summed E-state index contributed by atoms with van der Waals surface area (Å²) in [6.45, 7) is 0.804. The van der Waals surface area contributed by atoms with Crippen LogP contribution in [0, 0.1) is 5.82 Å². The highest BCUT2D eigenvalue weighted by atomic mass is 19.1. The van der Waals surface area contributed by atoms with Crippen LogP contribution in [0.15, 0.2) is 78.9 Å². The number of hydrogen-bond donors (Lipinski definition) is 0. The molecule has 0 unspecified atom stereocenters. The Hall–Kier alpha value is -4.00. The maximum Gasteiger partial charge on any atom is 0.246 e. The summed E-state index contributed by atoms with van der Waals surface area (Å²) in [4.78, 5) is 29.1. The number of carbonyl (C=O) groups is 2. The van der Waals surface area contributed by atoms with Crippen LogP contribution in [-0.4, -0.2) is 46.1 Å². The number of piperazine rings is 1. The summed E-state index contributed by atoms with van der Waals surface area (Å²) in [5.74, 6) is -0.697. The summed E-state index contributed by atoms with van der Waals surface area (Å²) in [7, 11) is 0. The fraction of sp³-hybridized carbons (Fsp3) is 0.222. The molecule has 0 atom stereocenters. The molecule has 0 bridgehead atoms. The van der Waals surface area contributed by atoms with Crippen LogP contribution in [0.4, 0.5) is 10.1 Å². The van der Waals surface area contributed by atoms with E-state index < -0.39 is 0 Å².